The summed E-state index contributed by atoms with van der Waals surface area (Å²) in [6.45, 7) is 0.767. The molecule has 0 fully saturated rings. The molecule has 4 N–H and O–H groups in total. The maximum atomic E-state index is 12.2. The summed E-state index contributed by atoms with van der Waals surface area (Å²) in [6, 6.07) is 14.7. The van der Waals surface area contributed by atoms with Crippen LogP contribution in [0.25, 0.3) is 0 Å². The second kappa shape index (κ2) is 11.6. The molecule has 2 rings (SSSR count). The van der Waals surface area contributed by atoms with Gasteiger partial charge in [0, 0.05) is 25.2 Å². The molecule has 0 atom stereocenters. The van der Waals surface area contributed by atoms with Crippen molar-refractivity contribution in [2.45, 2.75) is 11.3 Å². The van der Waals surface area contributed by atoms with Crippen LogP contribution in [-0.2, 0) is 16.4 Å². The van der Waals surface area contributed by atoms with Crippen LogP contribution in [0.1, 0.15) is 5.56 Å². The van der Waals surface area contributed by atoms with E-state index in [0.29, 0.717) is 6.54 Å². The maximum Gasteiger partial charge on any atom is 0.270 e. The zero-order valence-electron chi connectivity index (χ0n) is 14.9. The topological polar surface area (TPSA) is 140 Å². The second-order valence-corrected chi connectivity index (χ2v) is 7.35. The van der Waals surface area contributed by atoms with Crippen molar-refractivity contribution in [1.29, 1.82) is 0 Å². The van der Waals surface area contributed by atoms with Crippen LogP contribution < -0.4 is 15.8 Å². The van der Waals surface area contributed by atoms with E-state index >= 15 is 0 Å². The molecule has 0 radical (unpaired) electrons. The van der Waals surface area contributed by atoms with Crippen LogP contribution in [0, 0.1) is 10.1 Å². The lowest BCUT2D eigenvalue weighted by Gasteiger charge is -2.07. The number of hydrogen-bond donors (Lipinski definition) is 3. The van der Waals surface area contributed by atoms with Crippen molar-refractivity contribution >= 4 is 45.6 Å². The summed E-state index contributed by atoms with van der Waals surface area (Å²) in [7, 11) is -3.85. The second-order valence-electron chi connectivity index (χ2n) is 5.58. The Labute approximate surface area is 180 Å². The van der Waals surface area contributed by atoms with E-state index in [2.05, 4.69) is 15.0 Å². The average molecular weight is 519 g/mol. The summed E-state index contributed by atoms with van der Waals surface area (Å²) < 4.78 is 26.6. The predicted octanol–water partition coefficient (Wildman–Crippen LogP) is 1.64. The fourth-order valence-corrected chi connectivity index (χ4v) is 3.30. The third kappa shape index (κ3) is 7.78. The summed E-state index contributed by atoms with van der Waals surface area (Å²) in [5.74, 6) is 0.223. The van der Waals surface area contributed by atoms with Crippen LogP contribution in [0.3, 0.4) is 0 Å². The van der Waals surface area contributed by atoms with Crippen molar-refractivity contribution in [3.05, 3.63) is 70.3 Å². The zero-order valence-corrected chi connectivity index (χ0v) is 18.1. The number of aliphatic imine (C=N–C) groups is 1. The molecule has 0 aromatic heterocycles. The first kappa shape index (κ1) is 23.8. The smallest absolute Gasteiger partial charge is 0.270 e. The van der Waals surface area contributed by atoms with Gasteiger partial charge in [0.05, 0.1) is 16.4 Å². The Bertz CT molecular complexity index is 907. The lowest BCUT2D eigenvalue weighted by atomic mass is 10.1. The van der Waals surface area contributed by atoms with Gasteiger partial charge in [-0.05, 0) is 18.1 Å². The minimum atomic E-state index is -3.85. The van der Waals surface area contributed by atoms with Crippen molar-refractivity contribution in [1.82, 2.24) is 10.0 Å². The molecule has 0 bridgehead atoms. The monoisotopic (exact) mass is 519 g/mol. The highest BCUT2D eigenvalue weighted by molar-refractivity contribution is 14.0. The number of benzene rings is 2. The largest absolute Gasteiger partial charge is 0.370 e. The number of nitro groups is 1. The summed E-state index contributed by atoms with van der Waals surface area (Å²) in [4.78, 5) is 14.0. The van der Waals surface area contributed by atoms with Gasteiger partial charge < -0.3 is 11.1 Å². The van der Waals surface area contributed by atoms with Gasteiger partial charge in [-0.3, -0.25) is 15.1 Å². The molecule has 0 unspecified atom stereocenters. The predicted molar refractivity (Wildman–Crippen MR) is 118 cm³/mol. The van der Waals surface area contributed by atoms with Gasteiger partial charge in [-0.25, -0.2) is 13.1 Å². The van der Waals surface area contributed by atoms with Gasteiger partial charge in [-0.15, -0.1) is 24.0 Å². The van der Waals surface area contributed by atoms with Gasteiger partial charge in [-0.1, -0.05) is 36.4 Å². The van der Waals surface area contributed by atoms with Crippen LogP contribution in [0.4, 0.5) is 5.69 Å². The molecule has 28 heavy (non-hydrogen) atoms. The summed E-state index contributed by atoms with van der Waals surface area (Å²) in [5, 5.41) is 13.7. The SMILES string of the molecule is I.NC(=NCCNS(=O)(=O)c1cccc([N+](=O)[O-])c1)NCCc1ccccc1. The first-order chi connectivity index (χ1) is 12.9. The highest BCUT2D eigenvalue weighted by atomic mass is 127. The molecule has 0 saturated carbocycles. The number of sulfonamides is 1. The van der Waals surface area contributed by atoms with E-state index < -0.39 is 14.9 Å². The summed E-state index contributed by atoms with van der Waals surface area (Å²) in [6.07, 6.45) is 0.788. The number of non-ortho nitro benzene ring substituents is 1. The maximum absolute atomic E-state index is 12.2. The van der Waals surface area contributed by atoms with E-state index in [-0.39, 0.29) is 53.6 Å². The molecule has 0 aliphatic carbocycles. The van der Waals surface area contributed by atoms with Gasteiger partial charge in [0.25, 0.3) is 5.69 Å². The first-order valence-corrected chi connectivity index (χ1v) is 9.68. The van der Waals surface area contributed by atoms with Crippen molar-refractivity contribution in [2.75, 3.05) is 19.6 Å². The lowest BCUT2D eigenvalue weighted by molar-refractivity contribution is -0.385. The number of hydrogen-bond acceptors (Lipinski definition) is 5. The lowest BCUT2D eigenvalue weighted by Crippen LogP contribution is -2.34. The molecule has 2 aromatic rings. The van der Waals surface area contributed by atoms with Crippen molar-refractivity contribution < 1.29 is 13.3 Å². The van der Waals surface area contributed by atoms with Gasteiger partial charge in [0.2, 0.25) is 10.0 Å². The van der Waals surface area contributed by atoms with Crippen molar-refractivity contribution in [3.63, 3.8) is 0 Å². The van der Waals surface area contributed by atoms with E-state index in [1.54, 1.807) is 0 Å². The van der Waals surface area contributed by atoms with Gasteiger partial charge in [-0.2, -0.15) is 0 Å². The van der Waals surface area contributed by atoms with E-state index in [4.69, 9.17) is 5.73 Å². The standard InChI is InChI=1S/C17H21N5O4S.HI/c18-17(19-10-9-14-5-2-1-3-6-14)20-11-12-21-27(25,26)16-8-4-7-15(13-16)22(23)24;/h1-8,13,21H,9-12H2,(H3,18,19,20);1H. The van der Waals surface area contributed by atoms with E-state index in [1.165, 1.54) is 23.8 Å². The van der Waals surface area contributed by atoms with Crippen LogP contribution in [-0.4, -0.2) is 38.9 Å². The summed E-state index contributed by atoms with van der Waals surface area (Å²) in [5.41, 5.74) is 6.62. The Morgan fingerprint density at radius 3 is 2.50 bits per heavy atom. The molecule has 9 nitrogen and oxygen atoms in total. The number of nitrogens with one attached hydrogen (secondary N) is 2. The molecule has 0 spiro atoms. The highest BCUT2D eigenvalue weighted by Crippen LogP contribution is 2.16. The Kier molecular flexibility index (Phi) is 9.82. The number of guanidine groups is 1. The molecular weight excluding hydrogens is 497 g/mol. The van der Waals surface area contributed by atoms with Crippen LogP contribution >= 0.6 is 24.0 Å². The summed E-state index contributed by atoms with van der Waals surface area (Å²) >= 11 is 0. The Balaban J connectivity index is 0.00000392. The third-order valence-corrected chi connectivity index (χ3v) is 5.05. The number of rotatable bonds is 9. The normalized spacial score (nSPS) is 11.5. The Hall–Kier alpha value is -2.25. The molecule has 0 saturated heterocycles. The van der Waals surface area contributed by atoms with Gasteiger partial charge >= 0.3 is 0 Å². The van der Waals surface area contributed by atoms with Crippen LogP contribution in [0.15, 0.2) is 64.5 Å². The fraction of sp³-hybridized carbons (Fsp3) is 0.235. The molecule has 0 heterocycles. The highest BCUT2D eigenvalue weighted by Gasteiger charge is 2.16. The number of nitro benzene ring substituents is 1. The Morgan fingerprint density at radius 1 is 1.11 bits per heavy atom. The van der Waals surface area contributed by atoms with E-state index in [1.807, 2.05) is 30.3 Å². The van der Waals surface area contributed by atoms with Crippen molar-refractivity contribution in [3.8, 4) is 0 Å². The van der Waals surface area contributed by atoms with Gasteiger partial charge in [0.15, 0.2) is 5.96 Å². The quantitative estimate of drug-likeness (QED) is 0.115. The molecule has 2 aromatic carbocycles. The van der Waals surface area contributed by atoms with E-state index in [9.17, 15) is 18.5 Å². The molecule has 0 aliphatic heterocycles. The Morgan fingerprint density at radius 2 is 1.82 bits per heavy atom. The van der Waals surface area contributed by atoms with E-state index in [0.717, 1.165) is 12.5 Å². The molecule has 0 aliphatic rings. The fourth-order valence-electron chi connectivity index (χ4n) is 2.24. The molecular formula is C17H22IN5O4S. The molecule has 11 heteroatoms. The zero-order chi connectivity index (χ0) is 19.7. The number of nitrogens with zero attached hydrogens (tertiary/aromatic N) is 2. The first-order valence-electron chi connectivity index (χ1n) is 8.20. The van der Waals surface area contributed by atoms with Gasteiger partial charge in [0.1, 0.15) is 0 Å². The van der Waals surface area contributed by atoms with Crippen LogP contribution in [0.5, 0.6) is 0 Å². The minimum absolute atomic E-state index is 0. The minimum Gasteiger partial charge on any atom is -0.370 e. The molecule has 0 amide bonds. The number of halogens is 1. The molecule has 152 valence electrons. The van der Waals surface area contributed by atoms with Crippen LogP contribution in [0.2, 0.25) is 0 Å². The number of nitrogens with two attached hydrogens (primary N) is 1. The average Bonchev–Trinajstić information content (AvgIpc) is 2.66. The third-order valence-electron chi connectivity index (χ3n) is 3.59. The van der Waals surface area contributed by atoms with Crippen molar-refractivity contribution in [2.24, 2.45) is 10.7 Å².